The number of hydrogen-bond donors (Lipinski definition) is 2. The first-order valence-electron chi connectivity index (χ1n) is 5.54. The van der Waals surface area contributed by atoms with E-state index in [4.69, 9.17) is 10.8 Å². The molecule has 0 bridgehead atoms. The van der Waals surface area contributed by atoms with Gasteiger partial charge in [0.1, 0.15) is 0 Å². The van der Waals surface area contributed by atoms with Crippen LogP contribution in [0, 0.1) is 0 Å². The average Bonchev–Trinajstić information content (AvgIpc) is 2.27. The van der Waals surface area contributed by atoms with Crippen LogP contribution >= 0.6 is 15.9 Å². The molecule has 1 rings (SSSR count). The highest BCUT2D eigenvalue weighted by molar-refractivity contribution is 9.10. The third-order valence-electron chi connectivity index (χ3n) is 2.58. The molecular weight excluding hydrogens is 268 g/mol. The maximum absolute atomic E-state index is 8.81. The van der Waals surface area contributed by atoms with Crippen LogP contribution in [0.15, 0.2) is 22.7 Å². The van der Waals surface area contributed by atoms with Crippen LogP contribution in [0.2, 0.25) is 0 Å². The highest BCUT2D eigenvalue weighted by Gasteiger charge is 2.06. The Labute approximate surface area is 105 Å². The zero-order valence-corrected chi connectivity index (χ0v) is 11.2. The largest absolute Gasteiger partial charge is 0.398 e. The summed E-state index contributed by atoms with van der Waals surface area (Å²) in [6.45, 7) is 5.08. The van der Waals surface area contributed by atoms with Crippen LogP contribution in [-0.4, -0.2) is 29.7 Å². The number of nitrogen functional groups attached to an aromatic ring is 1. The van der Waals surface area contributed by atoms with Crippen molar-refractivity contribution in [1.29, 1.82) is 0 Å². The number of hydrogen-bond acceptors (Lipinski definition) is 3. The predicted octanol–water partition coefficient (Wildman–Crippen LogP) is 2.24. The highest BCUT2D eigenvalue weighted by Crippen LogP contribution is 2.19. The van der Waals surface area contributed by atoms with Gasteiger partial charge in [-0.2, -0.15) is 0 Å². The smallest absolute Gasteiger partial charge is 0.0443 e. The van der Waals surface area contributed by atoms with Gasteiger partial charge in [0.2, 0.25) is 0 Å². The van der Waals surface area contributed by atoms with Gasteiger partial charge < -0.3 is 10.8 Å². The fourth-order valence-electron chi connectivity index (χ4n) is 1.59. The number of benzene rings is 1. The van der Waals surface area contributed by atoms with E-state index in [0.717, 1.165) is 41.8 Å². The van der Waals surface area contributed by atoms with Crippen molar-refractivity contribution in [3.63, 3.8) is 0 Å². The number of nitrogens with zero attached hydrogens (tertiary/aromatic N) is 1. The molecule has 0 spiro atoms. The van der Waals surface area contributed by atoms with Crippen molar-refractivity contribution in [3.05, 3.63) is 28.2 Å². The maximum atomic E-state index is 8.81. The lowest BCUT2D eigenvalue weighted by molar-refractivity contribution is 0.225. The second kappa shape index (κ2) is 6.89. The summed E-state index contributed by atoms with van der Waals surface area (Å²) in [5.74, 6) is 0. The van der Waals surface area contributed by atoms with E-state index in [1.54, 1.807) is 0 Å². The van der Waals surface area contributed by atoms with Crippen LogP contribution < -0.4 is 5.73 Å². The molecule has 16 heavy (non-hydrogen) atoms. The first kappa shape index (κ1) is 13.5. The molecule has 3 N–H and O–H groups in total. The monoisotopic (exact) mass is 286 g/mol. The van der Waals surface area contributed by atoms with E-state index in [9.17, 15) is 0 Å². The van der Waals surface area contributed by atoms with E-state index < -0.39 is 0 Å². The van der Waals surface area contributed by atoms with Gasteiger partial charge in [0.25, 0.3) is 0 Å². The lowest BCUT2D eigenvalue weighted by Gasteiger charge is -2.20. The van der Waals surface area contributed by atoms with Gasteiger partial charge in [-0.05, 0) is 30.7 Å². The molecule has 0 aliphatic carbocycles. The Bertz CT molecular complexity index is 331. The third-order valence-corrected chi connectivity index (χ3v) is 3.07. The molecule has 0 aromatic heterocycles. The van der Waals surface area contributed by atoms with Crippen LogP contribution in [0.5, 0.6) is 0 Å². The number of nitrogens with two attached hydrogens (primary N) is 1. The Hall–Kier alpha value is -0.580. The first-order valence-corrected chi connectivity index (χ1v) is 6.33. The van der Waals surface area contributed by atoms with Crippen molar-refractivity contribution in [2.45, 2.75) is 19.9 Å². The second-order valence-electron chi connectivity index (χ2n) is 3.79. The quantitative estimate of drug-likeness (QED) is 0.789. The SMILES string of the molecule is CCN(CCCO)Cc1ccc(Br)cc1N. The van der Waals surface area contributed by atoms with Crippen LogP contribution in [-0.2, 0) is 6.54 Å². The van der Waals surface area contributed by atoms with Crippen molar-refractivity contribution in [3.8, 4) is 0 Å². The van der Waals surface area contributed by atoms with Crippen molar-refractivity contribution in [2.24, 2.45) is 0 Å². The second-order valence-corrected chi connectivity index (χ2v) is 4.70. The molecule has 0 unspecified atom stereocenters. The Morgan fingerprint density at radius 1 is 1.44 bits per heavy atom. The van der Waals surface area contributed by atoms with Crippen molar-refractivity contribution in [2.75, 3.05) is 25.4 Å². The molecule has 0 atom stereocenters. The molecule has 4 heteroatoms. The van der Waals surface area contributed by atoms with Crippen molar-refractivity contribution >= 4 is 21.6 Å². The van der Waals surface area contributed by atoms with E-state index in [2.05, 4.69) is 27.8 Å². The zero-order chi connectivity index (χ0) is 12.0. The molecule has 0 heterocycles. The highest BCUT2D eigenvalue weighted by atomic mass is 79.9. The molecule has 0 saturated heterocycles. The van der Waals surface area contributed by atoms with Gasteiger partial charge >= 0.3 is 0 Å². The Kier molecular flexibility index (Phi) is 5.80. The van der Waals surface area contributed by atoms with Crippen LogP contribution in [0.4, 0.5) is 5.69 Å². The third kappa shape index (κ3) is 4.12. The lowest BCUT2D eigenvalue weighted by Crippen LogP contribution is -2.25. The fourth-order valence-corrected chi connectivity index (χ4v) is 1.97. The van der Waals surface area contributed by atoms with Crippen LogP contribution in [0.1, 0.15) is 18.9 Å². The summed E-state index contributed by atoms with van der Waals surface area (Å²) in [6.07, 6.45) is 0.810. The molecular formula is C12H19BrN2O. The standard InChI is InChI=1S/C12H19BrN2O/c1-2-15(6-3-7-16)9-10-4-5-11(13)8-12(10)14/h4-5,8,16H,2-3,6-7,9,14H2,1H3. The minimum Gasteiger partial charge on any atom is -0.398 e. The minimum absolute atomic E-state index is 0.242. The average molecular weight is 287 g/mol. The molecule has 0 aliphatic rings. The Morgan fingerprint density at radius 3 is 2.75 bits per heavy atom. The van der Waals surface area contributed by atoms with E-state index in [1.807, 2.05) is 18.2 Å². The Balaban J connectivity index is 2.62. The first-order chi connectivity index (χ1) is 7.67. The van der Waals surface area contributed by atoms with Gasteiger partial charge in [-0.15, -0.1) is 0 Å². The van der Waals surface area contributed by atoms with E-state index >= 15 is 0 Å². The summed E-state index contributed by atoms with van der Waals surface area (Å²) in [5, 5.41) is 8.81. The molecule has 1 aromatic rings. The summed E-state index contributed by atoms with van der Waals surface area (Å²) >= 11 is 3.39. The maximum Gasteiger partial charge on any atom is 0.0443 e. The van der Waals surface area contributed by atoms with Gasteiger partial charge in [0, 0.05) is 29.9 Å². The van der Waals surface area contributed by atoms with Gasteiger partial charge in [-0.3, -0.25) is 4.90 Å². The lowest BCUT2D eigenvalue weighted by atomic mass is 10.1. The number of halogens is 1. The van der Waals surface area contributed by atoms with Crippen molar-refractivity contribution in [1.82, 2.24) is 4.90 Å². The molecule has 0 saturated carbocycles. The topological polar surface area (TPSA) is 49.5 Å². The Morgan fingerprint density at radius 2 is 2.19 bits per heavy atom. The molecule has 0 amide bonds. The van der Waals surface area contributed by atoms with Crippen LogP contribution in [0.25, 0.3) is 0 Å². The van der Waals surface area contributed by atoms with Gasteiger partial charge in [0.15, 0.2) is 0 Å². The summed E-state index contributed by atoms with van der Waals surface area (Å²) in [6, 6.07) is 5.97. The molecule has 3 nitrogen and oxygen atoms in total. The number of anilines is 1. The van der Waals surface area contributed by atoms with Gasteiger partial charge in [-0.1, -0.05) is 28.9 Å². The molecule has 1 aromatic carbocycles. The van der Waals surface area contributed by atoms with E-state index in [-0.39, 0.29) is 6.61 Å². The number of aliphatic hydroxyl groups is 1. The number of aliphatic hydroxyl groups excluding tert-OH is 1. The van der Waals surface area contributed by atoms with Gasteiger partial charge in [-0.25, -0.2) is 0 Å². The molecule has 0 fully saturated rings. The molecule has 0 radical (unpaired) electrons. The zero-order valence-electron chi connectivity index (χ0n) is 9.62. The van der Waals surface area contributed by atoms with E-state index in [1.165, 1.54) is 0 Å². The summed E-state index contributed by atoms with van der Waals surface area (Å²) in [4.78, 5) is 2.27. The molecule has 90 valence electrons. The van der Waals surface area contributed by atoms with Crippen molar-refractivity contribution < 1.29 is 5.11 Å². The fraction of sp³-hybridized carbons (Fsp3) is 0.500. The number of rotatable bonds is 6. The predicted molar refractivity (Wildman–Crippen MR) is 71.2 cm³/mol. The van der Waals surface area contributed by atoms with Gasteiger partial charge in [0.05, 0.1) is 0 Å². The van der Waals surface area contributed by atoms with Crippen LogP contribution in [0.3, 0.4) is 0 Å². The van der Waals surface area contributed by atoms with E-state index in [0.29, 0.717) is 0 Å². The minimum atomic E-state index is 0.242. The summed E-state index contributed by atoms with van der Waals surface area (Å²) in [5.41, 5.74) is 7.91. The molecule has 0 aliphatic heterocycles. The summed E-state index contributed by atoms with van der Waals surface area (Å²) in [7, 11) is 0. The summed E-state index contributed by atoms with van der Waals surface area (Å²) < 4.78 is 1.01. The normalized spacial score (nSPS) is 11.0.